The standard InChI is InChI=1S/C15H23F2N3/c1-12(9-18)10-19-4-6-20(7-5-19)11-13-8-14(16)2-3-15(13)17/h2-3,8,12H,4-7,9-11,18H2,1H3. The van der Waals surface area contributed by atoms with Crippen molar-refractivity contribution >= 4 is 0 Å². The summed E-state index contributed by atoms with van der Waals surface area (Å²) in [6.45, 7) is 8.02. The predicted octanol–water partition coefficient (Wildman–Crippen LogP) is 1.68. The summed E-state index contributed by atoms with van der Waals surface area (Å²) >= 11 is 0. The van der Waals surface area contributed by atoms with Crippen LogP contribution in [0.2, 0.25) is 0 Å². The highest BCUT2D eigenvalue weighted by atomic mass is 19.1. The summed E-state index contributed by atoms with van der Waals surface area (Å²) in [4.78, 5) is 4.55. The molecule has 0 aliphatic carbocycles. The van der Waals surface area contributed by atoms with E-state index in [0.29, 0.717) is 24.6 Å². The lowest BCUT2D eigenvalue weighted by Gasteiger charge is -2.35. The van der Waals surface area contributed by atoms with E-state index >= 15 is 0 Å². The summed E-state index contributed by atoms with van der Waals surface area (Å²) < 4.78 is 26.7. The van der Waals surface area contributed by atoms with Gasteiger partial charge in [-0.15, -0.1) is 0 Å². The number of nitrogens with zero attached hydrogens (tertiary/aromatic N) is 2. The first kappa shape index (κ1) is 15.4. The zero-order valence-electron chi connectivity index (χ0n) is 12.0. The van der Waals surface area contributed by atoms with Crippen LogP contribution in [-0.4, -0.2) is 49.1 Å². The highest BCUT2D eigenvalue weighted by molar-refractivity contribution is 5.18. The molecule has 1 aromatic carbocycles. The Labute approximate surface area is 119 Å². The minimum atomic E-state index is -0.378. The van der Waals surface area contributed by atoms with Gasteiger partial charge in [-0.05, 0) is 30.7 Å². The first-order valence-electron chi connectivity index (χ1n) is 7.17. The molecule has 2 N–H and O–H groups in total. The maximum atomic E-state index is 13.6. The molecule has 0 bridgehead atoms. The van der Waals surface area contributed by atoms with Gasteiger partial charge in [-0.1, -0.05) is 6.92 Å². The van der Waals surface area contributed by atoms with E-state index in [1.807, 2.05) is 0 Å². The molecule has 3 nitrogen and oxygen atoms in total. The average molecular weight is 283 g/mol. The second kappa shape index (κ2) is 7.11. The highest BCUT2D eigenvalue weighted by Gasteiger charge is 2.19. The molecular weight excluding hydrogens is 260 g/mol. The molecule has 1 fully saturated rings. The summed E-state index contributed by atoms with van der Waals surface area (Å²) in [5.41, 5.74) is 6.07. The van der Waals surface area contributed by atoms with Gasteiger partial charge in [0.25, 0.3) is 0 Å². The van der Waals surface area contributed by atoms with Crippen molar-refractivity contribution in [3.63, 3.8) is 0 Å². The van der Waals surface area contributed by atoms with Crippen LogP contribution in [-0.2, 0) is 6.54 Å². The topological polar surface area (TPSA) is 32.5 Å². The molecule has 5 heteroatoms. The molecule has 1 aliphatic heterocycles. The Kier molecular flexibility index (Phi) is 5.46. The zero-order chi connectivity index (χ0) is 14.5. The largest absolute Gasteiger partial charge is 0.330 e. The van der Waals surface area contributed by atoms with E-state index < -0.39 is 0 Å². The Morgan fingerprint density at radius 1 is 1.15 bits per heavy atom. The van der Waals surface area contributed by atoms with Crippen molar-refractivity contribution in [2.45, 2.75) is 13.5 Å². The lowest BCUT2D eigenvalue weighted by Crippen LogP contribution is -2.47. The minimum absolute atomic E-state index is 0.328. The third-order valence-corrected chi connectivity index (χ3v) is 3.84. The lowest BCUT2D eigenvalue weighted by molar-refractivity contribution is 0.115. The number of halogens is 2. The molecule has 1 aliphatic rings. The fourth-order valence-corrected chi connectivity index (χ4v) is 2.55. The monoisotopic (exact) mass is 283 g/mol. The molecule has 1 saturated heterocycles. The summed E-state index contributed by atoms with van der Waals surface area (Å²) in [5.74, 6) is -0.204. The van der Waals surface area contributed by atoms with Crippen LogP contribution in [0.1, 0.15) is 12.5 Å². The Hall–Kier alpha value is -1.04. The van der Waals surface area contributed by atoms with E-state index in [1.54, 1.807) is 0 Å². The van der Waals surface area contributed by atoms with Gasteiger partial charge in [-0.3, -0.25) is 4.90 Å². The van der Waals surface area contributed by atoms with Crippen LogP contribution in [0.4, 0.5) is 8.78 Å². The molecule has 2 rings (SSSR count). The fourth-order valence-electron chi connectivity index (χ4n) is 2.55. The van der Waals surface area contributed by atoms with Crippen molar-refractivity contribution in [3.8, 4) is 0 Å². The molecule has 0 radical (unpaired) electrons. The predicted molar refractivity (Wildman–Crippen MR) is 76.3 cm³/mol. The summed E-state index contributed by atoms with van der Waals surface area (Å²) in [6, 6.07) is 3.65. The van der Waals surface area contributed by atoms with Gasteiger partial charge in [0.1, 0.15) is 11.6 Å². The number of benzene rings is 1. The number of hydrogen-bond donors (Lipinski definition) is 1. The Morgan fingerprint density at radius 3 is 2.45 bits per heavy atom. The molecule has 0 aromatic heterocycles. The Morgan fingerprint density at radius 2 is 1.80 bits per heavy atom. The maximum Gasteiger partial charge on any atom is 0.127 e. The van der Waals surface area contributed by atoms with Crippen LogP contribution in [0.5, 0.6) is 0 Å². The summed E-state index contributed by atoms with van der Waals surface area (Å²) in [5, 5.41) is 0. The van der Waals surface area contributed by atoms with E-state index in [0.717, 1.165) is 38.8 Å². The van der Waals surface area contributed by atoms with Crippen LogP contribution in [0, 0.1) is 17.6 Å². The molecule has 112 valence electrons. The second-order valence-electron chi connectivity index (χ2n) is 5.65. The van der Waals surface area contributed by atoms with Crippen molar-refractivity contribution in [2.24, 2.45) is 11.7 Å². The Bertz CT molecular complexity index is 431. The molecule has 20 heavy (non-hydrogen) atoms. The maximum absolute atomic E-state index is 13.6. The molecule has 1 unspecified atom stereocenters. The third kappa shape index (κ3) is 4.23. The van der Waals surface area contributed by atoms with E-state index in [2.05, 4.69) is 16.7 Å². The Balaban J connectivity index is 1.84. The minimum Gasteiger partial charge on any atom is -0.330 e. The second-order valence-corrected chi connectivity index (χ2v) is 5.65. The summed E-state index contributed by atoms with van der Waals surface area (Å²) in [7, 11) is 0. The van der Waals surface area contributed by atoms with Gasteiger partial charge in [0.05, 0.1) is 0 Å². The zero-order valence-corrected chi connectivity index (χ0v) is 12.0. The van der Waals surface area contributed by atoms with Gasteiger partial charge >= 0.3 is 0 Å². The normalized spacial score (nSPS) is 19.2. The molecule has 0 amide bonds. The average Bonchev–Trinajstić information content (AvgIpc) is 2.45. The van der Waals surface area contributed by atoms with Crippen LogP contribution in [0.25, 0.3) is 0 Å². The van der Waals surface area contributed by atoms with Crippen LogP contribution in [0.15, 0.2) is 18.2 Å². The summed E-state index contributed by atoms with van der Waals surface area (Å²) in [6.07, 6.45) is 0. The molecule has 0 spiro atoms. The van der Waals surface area contributed by atoms with Gasteiger partial charge in [-0.2, -0.15) is 0 Å². The van der Waals surface area contributed by atoms with Gasteiger partial charge in [0.2, 0.25) is 0 Å². The fraction of sp³-hybridized carbons (Fsp3) is 0.600. The van der Waals surface area contributed by atoms with Gasteiger partial charge in [0.15, 0.2) is 0 Å². The van der Waals surface area contributed by atoms with Gasteiger partial charge in [-0.25, -0.2) is 8.78 Å². The van der Waals surface area contributed by atoms with Gasteiger partial charge < -0.3 is 10.6 Å². The SMILES string of the molecule is CC(CN)CN1CCN(Cc2cc(F)ccc2F)CC1. The number of rotatable bonds is 5. The van der Waals surface area contributed by atoms with Crippen molar-refractivity contribution < 1.29 is 8.78 Å². The molecule has 1 aromatic rings. The van der Waals surface area contributed by atoms with Crippen molar-refractivity contribution in [1.82, 2.24) is 9.80 Å². The quantitative estimate of drug-likeness (QED) is 0.892. The van der Waals surface area contributed by atoms with Crippen molar-refractivity contribution in [3.05, 3.63) is 35.4 Å². The number of hydrogen-bond acceptors (Lipinski definition) is 3. The molecule has 1 atom stereocenters. The van der Waals surface area contributed by atoms with Crippen molar-refractivity contribution in [1.29, 1.82) is 0 Å². The molecule has 0 saturated carbocycles. The van der Waals surface area contributed by atoms with Crippen LogP contribution < -0.4 is 5.73 Å². The van der Waals surface area contributed by atoms with Crippen molar-refractivity contribution in [2.75, 3.05) is 39.3 Å². The molecule has 1 heterocycles. The lowest BCUT2D eigenvalue weighted by atomic mass is 10.1. The van der Waals surface area contributed by atoms with E-state index in [4.69, 9.17) is 5.73 Å². The third-order valence-electron chi connectivity index (χ3n) is 3.84. The van der Waals surface area contributed by atoms with Crippen LogP contribution >= 0.6 is 0 Å². The van der Waals surface area contributed by atoms with Crippen LogP contribution in [0.3, 0.4) is 0 Å². The van der Waals surface area contributed by atoms with E-state index in [9.17, 15) is 8.78 Å². The first-order chi connectivity index (χ1) is 9.58. The highest BCUT2D eigenvalue weighted by Crippen LogP contribution is 2.14. The number of nitrogens with two attached hydrogens (primary N) is 1. The number of piperazine rings is 1. The smallest absolute Gasteiger partial charge is 0.127 e. The molecular formula is C15H23F2N3. The van der Waals surface area contributed by atoms with E-state index in [1.165, 1.54) is 12.1 Å². The van der Waals surface area contributed by atoms with E-state index in [-0.39, 0.29) is 11.6 Å². The van der Waals surface area contributed by atoms with Gasteiger partial charge in [0, 0.05) is 44.8 Å². The first-order valence-corrected chi connectivity index (χ1v) is 7.17.